The van der Waals surface area contributed by atoms with Crippen molar-refractivity contribution in [3.63, 3.8) is 0 Å². The molecule has 172 valence electrons. The third-order valence-corrected chi connectivity index (χ3v) is 5.10. The SMILES string of the molecule is CCCCNC(=NCc1nnc(C)n1C)NCC(CC)(CC)NC(=O)OC(C)(C)C. The number of hydrogen-bond donors (Lipinski definition) is 3. The molecule has 1 aromatic heterocycles. The highest BCUT2D eigenvalue weighted by molar-refractivity contribution is 5.80. The van der Waals surface area contributed by atoms with Gasteiger partial charge < -0.3 is 25.3 Å². The molecule has 3 N–H and O–H groups in total. The van der Waals surface area contributed by atoms with Crippen LogP contribution in [0.3, 0.4) is 0 Å². The number of aliphatic imine (C=N–C) groups is 1. The number of ether oxygens (including phenoxy) is 1. The number of carbonyl (C=O) groups is 1. The van der Waals surface area contributed by atoms with E-state index in [4.69, 9.17) is 4.74 Å². The zero-order valence-electron chi connectivity index (χ0n) is 20.1. The highest BCUT2D eigenvalue weighted by Gasteiger charge is 2.30. The summed E-state index contributed by atoms with van der Waals surface area (Å²) in [4.78, 5) is 17.1. The van der Waals surface area contributed by atoms with Crippen molar-refractivity contribution in [1.29, 1.82) is 0 Å². The van der Waals surface area contributed by atoms with Gasteiger partial charge in [-0.15, -0.1) is 10.2 Å². The fraction of sp³-hybridized carbons (Fsp3) is 0.810. The summed E-state index contributed by atoms with van der Waals surface area (Å²) in [6, 6.07) is 0. The lowest BCUT2D eigenvalue weighted by Gasteiger charge is -2.34. The molecule has 1 heterocycles. The molecule has 1 amide bonds. The zero-order chi connectivity index (χ0) is 22.8. The summed E-state index contributed by atoms with van der Waals surface area (Å²) in [6.07, 6.45) is 3.27. The molecule has 0 aromatic carbocycles. The highest BCUT2D eigenvalue weighted by Crippen LogP contribution is 2.16. The molecule has 0 aliphatic rings. The highest BCUT2D eigenvalue weighted by atomic mass is 16.6. The van der Waals surface area contributed by atoms with Crippen LogP contribution in [0.15, 0.2) is 4.99 Å². The van der Waals surface area contributed by atoms with Crippen LogP contribution in [0.4, 0.5) is 4.79 Å². The predicted molar refractivity (Wildman–Crippen MR) is 120 cm³/mol. The van der Waals surface area contributed by atoms with Gasteiger partial charge in [-0.2, -0.15) is 0 Å². The summed E-state index contributed by atoms with van der Waals surface area (Å²) in [5.41, 5.74) is -0.968. The van der Waals surface area contributed by atoms with E-state index in [9.17, 15) is 4.79 Å². The summed E-state index contributed by atoms with van der Waals surface area (Å²) in [5, 5.41) is 18.1. The molecule has 9 heteroatoms. The van der Waals surface area contributed by atoms with Crippen LogP contribution in [0, 0.1) is 6.92 Å². The Balaban J connectivity index is 2.87. The molecule has 0 bridgehead atoms. The molecule has 0 saturated heterocycles. The standard InChI is InChI=1S/C21H41N7O2/c1-9-12-13-22-18(23-14-17-27-26-16(4)28(17)8)24-15-21(10-2,11-3)25-19(29)30-20(5,6)7/h9-15H2,1-8H3,(H,25,29)(H2,22,23,24). The molecular formula is C21H41N7O2. The van der Waals surface area contributed by atoms with E-state index < -0.39 is 17.2 Å². The number of hydrogen-bond acceptors (Lipinski definition) is 5. The maximum atomic E-state index is 12.4. The zero-order valence-corrected chi connectivity index (χ0v) is 20.1. The van der Waals surface area contributed by atoms with Gasteiger partial charge in [0.2, 0.25) is 0 Å². The molecular weight excluding hydrogens is 382 g/mol. The van der Waals surface area contributed by atoms with Crippen LogP contribution in [0.5, 0.6) is 0 Å². The Bertz CT molecular complexity index is 688. The molecule has 30 heavy (non-hydrogen) atoms. The van der Waals surface area contributed by atoms with Gasteiger partial charge in [0.1, 0.15) is 18.0 Å². The summed E-state index contributed by atoms with van der Waals surface area (Å²) >= 11 is 0. The van der Waals surface area contributed by atoms with Crippen LogP contribution in [-0.2, 0) is 18.3 Å². The van der Waals surface area contributed by atoms with Gasteiger partial charge in [-0.3, -0.25) is 0 Å². The van der Waals surface area contributed by atoms with Crippen molar-refractivity contribution in [2.75, 3.05) is 13.1 Å². The van der Waals surface area contributed by atoms with E-state index in [2.05, 4.69) is 51.9 Å². The molecule has 0 atom stereocenters. The fourth-order valence-electron chi connectivity index (χ4n) is 2.79. The number of carbonyl (C=O) groups excluding carboxylic acids is 1. The third-order valence-electron chi connectivity index (χ3n) is 5.10. The van der Waals surface area contributed by atoms with Crippen LogP contribution < -0.4 is 16.0 Å². The molecule has 1 rings (SSSR count). The molecule has 9 nitrogen and oxygen atoms in total. The lowest BCUT2D eigenvalue weighted by molar-refractivity contribution is 0.0448. The number of nitrogens with zero attached hydrogens (tertiary/aromatic N) is 4. The van der Waals surface area contributed by atoms with E-state index in [1.165, 1.54) is 0 Å². The van der Waals surface area contributed by atoms with Crippen LogP contribution in [0.2, 0.25) is 0 Å². The first-order valence-electron chi connectivity index (χ1n) is 10.9. The van der Waals surface area contributed by atoms with Crippen LogP contribution in [0.1, 0.15) is 78.9 Å². The number of aromatic nitrogens is 3. The summed E-state index contributed by atoms with van der Waals surface area (Å²) < 4.78 is 7.39. The number of amides is 1. The average Bonchev–Trinajstić information content (AvgIpc) is 2.99. The van der Waals surface area contributed by atoms with Crippen molar-refractivity contribution < 1.29 is 9.53 Å². The summed E-state index contributed by atoms with van der Waals surface area (Å²) in [7, 11) is 1.93. The minimum Gasteiger partial charge on any atom is -0.444 e. The first kappa shape index (κ1) is 25.7. The predicted octanol–water partition coefficient (Wildman–Crippen LogP) is 3.04. The number of nitrogens with one attached hydrogen (secondary N) is 3. The Morgan fingerprint density at radius 3 is 2.30 bits per heavy atom. The first-order valence-corrected chi connectivity index (χ1v) is 10.9. The van der Waals surface area contributed by atoms with Crippen LogP contribution in [-0.4, -0.2) is 51.0 Å². The Labute approximate surface area is 181 Å². The summed E-state index contributed by atoms with van der Waals surface area (Å²) in [5.74, 6) is 2.35. The Morgan fingerprint density at radius 2 is 1.80 bits per heavy atom. The maximum absolute atomic E-state index is 12.4. The van der Waals surface area contributed by atoms with Gasteiger partial charge in [0, 0.05) is 20.1 Å². The van der Waals surface area contributed by atoms with Gasteiger partial charge >= 0.3 is 6.09 Å². The molecule has 0 unspecified atom stereocenters. The second kappa shape index (κ2) is 11.8. The van der Waals surface area contributed by atoms with Crippen molar-refractivity contribution >= 4 is 12.1 Å². The van der Waals surface area contributed by atoms with Gasteiger partial charge in [0.25, 0.3) is 0 Å². The molecule has 0 radical (unpaired) electrons. The monoisotopic (exact) mass is 423 g/mol. The van der Waals surface area contributed by atoms with Gasteiger partial charge in [-0.05, 0) is 47.0 Å². The van der Waals surface area contributed by atoms with Crippen molar-refractivity contribution in [1.82, 2.24) is 30.7 Å². The van der Waals surface area contributed by atoms with Crippen molar-refractivity contribution in [3.05, 3.63) is 11.6 Å². The Morgan fingerprint density at radius 1 is 1.13 bits per heavy atom. The van der Waals surface area contributed by atoms with E-state index in [0.29, 0.717) is 19.0 Å². The van der Waals surface area contributed by atoms with Gasteiger partial charge in [0.05, 0.1) is 5.54 Å². The number of guanidine groups is 1. The van der Waals surface area contributed by atoms with E-state index in [0.717, 1.165) is 43.9 Å². The summed E-state index contributed by atoms with van der Waals surface area (Å²) in [6.45, 7) is 15.6. The molecule has 0 spiro atoms. The maximum Gasteiger partial charge on any atom is 0.408 e. The van der Waals surface area contributed by atoms with E-state index in [-0.39, 0.29) is 0 Å². The van der Waals surface area contributed by atoms with E-state index >= 15 is 0 Å². The van der Waals surface area contributed by atoms with Gasteiger partial charge in [-0.25, -0.2) is 9.79 Å². The van der Waals surface area contributed by atoms with Gasteiger partial charge in [0.15, 0.2) is 11.8 Å². The lowest BCUT2D eigenvalue weighted by Crippen LogP contribution is -2.57. The van der Waals surface area contributed by atoms with Crippen molar-refractivity contribution in [2.24, 2.45) is 12.0 Å². The lowest BCUT2D eigenvalue weighted by atomic mass is 9.93. The Kier molecular flexibility index (Phi) is 10.1. The topological polar surface area (TPSA) is 105 Å². The van der Waals surface area contributed by atoms with Crippen molar-refractivity contribution in [3.8, 4) is 0 Å². The van der Waals surface area contributed by atoms with E-state index in [1.807, 2.05) is 39.3 Å². The minimum absolute atomic E-state index is 0.403. The normalized spacial score (nSPS) is 12.6. The molecule has 1 aromatic rings. The van der Waals surface area contributed by atoms with Gasteiger partial charge in [-0.1, -0.05) is 27.2 Å². The number of aryl methyl sites for hydroxylation is 1. The smallest absolute Gasteiger partial charge is 0.408 e. The molecule has 0 fully saturated rings. The third kappa shape index (κ3) is 8.59. The molecule has 0 aliphatic heterocycles. The number of rotatable bonds is 10. The molecule has 0 saturated carbocycles. The number of unbranched alkanes of at least 4 members (excludes halogenated alkanes) is 1. The average molecular weight is 424 g/mol. The van der Waals surface area contributed by atoms with Crippen LogP contribution >= 0.6 is 0 Å². The molecule has 0 aliphatic carbocycles. The number of alkyl carbamates (subject to hydrolysis) is 1. The van der Waals surface area contributed by atoms with Crippen LogP contribution in [0.25, 0.3) is 0 Å². The minimum atomic E-state index is -0.534. The Hall–Kier alpha value is -2.32. The first-order chi connectivity index (χ1) is 14.1. The van der Waals surface area contributed by atoms with Crippen molar-refractivity contribution in [2.45, 2.75) is 91.8 Å². The second-order valence-corrected chi connectivity index (χ2v) is 8.64. The second-order valence-electron chi connectivity index (χ2n) is 8.64. The quantitative estimate of drug-likeness (QED) is 0.303. The fourth-order valence-corrected chi connectivity index (χ4v) is 2.79. The largest absolute Gasteiger partial charge is 0.444 e. The van der Waals surface area contributed by atoms with E-state index in [1.54, 1.807) is 0 Å².